The maximum Gasteiger partial charge on any atom is 0.116 e. The number of pyridine rings is 3. The number of fused-ring (bicyclic) bond motifs is 6. The Balaban J connectivity index is 1.28. The minimum atomic E-state index is 0.857. The largest absolute Gasteiger partial charge is 0.311 e. The van der Waals surface area contributed by atoms with Crippen LogP contribution in [0.25, 0.3) is 55.5 Å². The summed E-state index contributed by atoms with van der Waals surface area (Å²) in [7, 11) is 0. The van der Waals surface area contributed by atoms with Crippen LogP contribution in [0.4, 0.5) is 17.1 Å². The maximum absolute atomic E-state index is 5.28. The van der Waals surface area contributed by atoms with Crippen LogP contribution in [0.15, 0.2) is 158 Å². The number of hydrogen-bond acceptors (Lipinski definition) is 4. The zero-order chi connectivity index (χ0) is 29.7. The number of hydrogen-bond donors (Lipinski definition) is 0. The van der Waals surface area contributed by atoms with E-state index in [4.69, 9.17) is 15.0 Å². The smallest absolute Gasteiger partial charge is 0.116 e. The highest BCUT2D eigenvalue weighted by atomic mass is 15.1. The van der Waals surface area contributed by atoms with Gasteiger partial charge in [0.05, 0.1) is 22.1 Å². The topological polar surface area (TPSA) is 51.8 Å². The molecule has 0 atom stereocenters. The average Bonchev–Trinajstić information content (AvgIpc) is 3.61. The fraction of sp³-hybridized carbons (Fsp3) is 0. The van der Waals surface area contributed by atoms with Gasteiger partial charge < -0.3 is 14.0 Å². The molecular weight excluding hydrogens is 552 g/mol. The van der Waals surface area contributed by atoms with Gasteiger partial charge in [-0.2, -0.15) is 0 Å². The first-order valence-electron chi connectivity index (χ1n) is 15.0. The molecule has 0 radical (unpaired) electrons. The average molecular weight is 579 g/mol. The van der Waals surface area contributed by atoms with Gasteiger partial charge in [0.25, 0.3) is 0 Å². The molecule has 0 saturated heterocycles. The Labute approximate surface area is 259 Å². The molecule has 0 N–H and O–H groups in total. The van der Waals surface area contributed by atoms with Crippen LogP contribution in [0.2, 0.25) is 0 Å². The Bertz CT molecular complexity index is 2420. The molecule has 5 aromatic heterocycles. The molecule has 4 aromatic carbocycles. The summed E-state index contributed by atoms with van der Waals surface area (Å²) in [6.45, 7) is 0. The molecule has 6 nitrogen and oxygen atoms in total. The van der Waals surface area contributed by atoms with E-state index in [1.54, 1.807) is 0 Å². The molecule has 9 rings (SSSR count). The standard InChI is InChI=1S/C39H26N6/c1-4-12-27(13-5-1)43(28-14-6-2-7-15-28)30-20-22-31(23-21-30)45-33-19-11-25-41-37(33)39-35(45)26-34-38(42-39)36-32(18-10-24-40-36)44(34)29-16-8-3-9-17-29/h1-26H. The van der Waals surface area contributed by atoms with Crippen molar-refractivity contribution in [3.05, 3.63) is 158 Å². The van der Waals surface area contributed by atoms with E-state index in [9.17, 15) is 0 Å². The van der Waals surface area contributed by atoms with Crippen molar-refractivity contribution in [2.24, 2.45) is 0 Å². The van der Waals surface area contributed by atoms with Crippen molar-refractivity contribution in [1.29, 1.82) is 0 Å². The lowest BCUT2D eigenvalue weighted by Crippen LogP contribution is -2.09. The fourth-order valence-electron chi connectivity index (χ4n) is 6.45. The molecule has 9 aromatic rings. The summed E-state index contributed by atoms with van der Waals surface area (Å²) in [4.78, 5) is 17.1. The van der Waals surface area contributed by atoms with Crippen molar-refractivity contribution < 1.29 is 0 Å². The highest BCUT2D eigenvalue weighted by Gasteiger charge is 2.21. The van der Waals surface area contributed by atoms with Crippen molar-refractivity contribution in [3.63, 3.8) is 0 Å². The van der Waals surface area contributed by atoms with Crippen molar-refractivity contribution in [1.82, 2.24) is 24.1 Å². The summed E-state index contributed by atoms with van der Waals surface area (Å²) >= 11 is 0. The zero-order valence-electron chi connectivity index (χ0n) is 24.2. The van der Waals surface area contributed by atoms with Gasteiger partial charge >= 0.3 is 0 Å². The molecule has 0 amide bonds. The molecular formula is C39H26N6. The molecule has 0 saturated carbocycles. The Kier molecular flexibility index (Phi) is 5.71. The molecule has 0 aliphatic carbocycles. The highest BCUT2D eigenvalue weighted by Crippen LogP contribution is 2.38. The number of para-hydroxylation sites is 3. The quantitative estimate of drug-likeness (QED) is 0.204. The molecule has 0 aliphatic rings. The predicted octanol–water partition coefficient (Wildman–Crippen LogP) is 9.54. The number of aromatic nitrogens is 5. The van der Waals surface area contributed by atoms with Crippen LogP contribution in [-0.2, 0) is 0 Å². The number of benzene rings is 4. The lowest BCUT2D eigenvalue weighted by Gasteiger charge is -2.25. The van der Waals surface area contributed by atoms with E-state index < -0.39 is 0 Å². The minimum absolute atomic E-state index is 0.857. The lowest BCUT2D eigenvalue weighted by molar-refractivity contribution is 1.15. The van der Waals surface area contributed by atoms with Gasteiger partial charge in [0.15, 0.2) is 0 Å². The second-order valence-electron chi connectivity index (χ2n) is 11.0. The predicted molar refractivity (Wildman–Crippen MR) is 183 cm³/mol. The first kappa shape index (κ1) is 25.2. The van der Waals surface area contributed by atoms with E-state index in [1.165, 1.54) is 0 Å². The summed E-state index contributed by atoms with van der Waals surface area (Å²) in [5, 5.41) is 0. The third-order valence-electron chi connectivity index (χ3n) is 8.38. The van der Waals surface area contributed by atoms with Gasteiger partial charge in [-0.3, -0.25) is 9.97 Å². The Morgan fingerprint density at radius 2 is 0.822 bits per heavy atom. The summed E-state index contributed by atoms with van der Waals surface area (Å²) in [6.07, 6.45) is 3.67. The monoisotopic (exact) mass is 578 g/mol. The van der Waals surface area contributed by atoms with E-state index in [2.05, 4.69) is 129 Å². The van der Waals surface area contributed by atoms with Crippen molar-refractivity contribution in [3.8, 4) is 11.4 Å². The van der Waals surface area contributed by atoms with Crippen LogP contribution in [0.1, 0.15) is 0 Å². The van der Waals surface area contributed by atoms with Crippen LogP contribution >= 0.6 is 0 Å². The first-order valence-corrected chi connectivity index (χ1v) is 15.0. The van der Waals surface area contributed by atoms with Crippen LogP contribution in [0, 0.1) is 0 Å². The normalized spacial score (nSPS) is 11.6. The van der Waals surface area contributed by atoms with Gasteiger partial charge in [-0.1, -0.05) is 54.6 Å². The molecule has 0 aliphatic heterocycles. The molecule has 0 bridgehead atoms. The van der Waals surface area contributed by atoms with Gasteiger partial charge in [0.1, 0.15) is 22.1 Å². The molecule has 45 heavy (non-hydrogen) atoms. The molecule has 0 unspecified atom stereocenters. The van der Waals surface area contributed by atoms with E-state index >= 15 is 0 Å². The summed E-state index contributed by atoms with van der Waals surface area (Å²) < 4.78 is 4.52. The second-order valence-corrected chi connectivity index (χ2v) is 11.0. The Hall–Kier alpha value is -6.27. The number of anilines is 3. The van der Waals surface area contributed by atoms with Crippen LogP contribution < -0.4 is 4.90 Å². The van der Waals surface area contributed by atoms with Crippen LogP contribution in [-0.4, -0.2) is 24.1 Å². The van der Waals surface area contributed by atoms with Gasteiger partial charge in [0, 0.05) is 40.8 Å². The van der Waals surface area contributed by atoms with E-state index in [1.807, 2.05) is 42.7 Å². The zero-order valence-corrected chi connectivity index (χ0v) is 24.2. The van der Waals surface area contributed by atoms with E-state index in [0.717, 1.165) is 72.6 Å². The second kappa shape index (κ2) is 10.2. The van der Waals surface area contributed by atoms with Crippen LogP contribution in [0.3, 0.4) is 0 Å². The maximum atomic E-state index is 5.28. The number of rotatable bonds is 5. The third kappa shape index (κ3) is 4.00. The highest BCUT2D eigenvalue weighted by molar-refractivity contribution is 6.13. The molecule has 212 valence electrons. The summed E-state index contributed by atoms with van der Waals surface area (Å²) in [5.74, 6) is 0. The Morgan fingerprint density at radius 3 is 1.33 bits per heavy atom. The number of nitrogens with zero attached hydrogens (tertiary/aromatic N) is 6. The van der Waals surface area contributed by atoms with Gasteiger partial charge in [-0.05, 0) is 91.0 Å². The van der Waals surface area contributed by atoms with Crippen LogP contribution in [0.5, 0.6) is 0 Å². The fourth-order valence-corrected chi connectivity index (χ4v) is 6.45. The first-order chi connectivity index (χ1) is 22.3. The molecule has 0 fully saturated rings. The van der Waals surface area contributed by atoms with E-state index in [0.29, 0.717) is 0 Å². The van der Waals surface area contributed by atoms with Crippen molar-refractivity contribution >= 4 is 61.2 Å². The summed E-state index contributed by atoms with van der Waals surface area (Å²) in [6, 6.07) is 50.5. The molecule has 6 heteroatoms. The molecule has 0 spiro atoms. The van der Waals surface area contributed by atoms with Gasteiger partial charge in [-0.25, -0.2) is 4.98 Å². The van der Waals surface area contributed by atoms with Gasteiger partial charge in [-0.15, -0.1) is 0 Å². The lowest BCUT2D eigenvalue weighted by atomic mass is 10.2. The summed E-state index contributed by atoms with van der Waals surface area (Å²) in [5.41, 5.74) is 12.9. The Morgan fingerprint density at radius 1 is 0.378 bits per heavy atom. The SMILES string of the molecule is c1ccc(N(c2ccccc2)c2ccc(-n3c4cccnc4c4nc5c6ncccc6n(-c6ccccc6)c5cc43)cc2)cc1. The third-order valence-corrected chi connectivity index (χ3v) is 8.38. The van der Waals surface area contributed by atoms with Gasteiger partial charge in [0.2, 0.25) is 0 Å². The van der Waals surface area contributed by atoms with E-state index in [-0.39, 0.29) is 0 Å². The molecule has 5 heterocycles. The minimum Gasteiger partial charge on any atom is -0.311 e. The van der Waals surface area contributed by atoms with Crippen molar-refractivity contribution in [2.75, 3.05) is 4.90 Å². The van der Waals surface area contributed by atoms with Crippen molar-refractivity contribution in [2.45, 2.75) is 0 Å².